The van der Waals surface area contributed by atoms with Gasteiger partial charge in [0, 0.05) is 11.8 Å². The molecule has 1 heterocycles. The molecule has 8 heteroatoms. The molecule has 152 valence electrons. The maximum absolute atomic E-state index is 12.9. The molecule has 7 nitrogen and oxygen atoms in total. The number of carbonyl (C=O) groups is 3. The van der Waals surface area contributed by atoms with E-state index in [4.69, 9.17) is 4.74 Å². The first-order chi connectivity index (χ1) is 13.1. The number of anilines is 1. The molecule has 0 saturated heterocycles. The molecule has 0 bridgehead atoms. The number of thiophene rings is 1. The number of hydrogen-bond donors (Lipinski definition) is 2. The van der Waals surface area contributed by atoms with Crippen molar-refractivity contribution in [2.45, 2.75) is 71.9 Å². The number of aryl methyl sites for hydroxylation is 1. The standard InChI is InChI=1S/C20H27N3O4S/c1-11(2)20(5,10-21)23-17(25)12(3)27-19(26)16-14-8-6-7-9-15(14)28-18(16)22-13(4)24/h11-12H,6-9H2,1-5H3,(H,22,24)(H,23,25)/t12-,20+/m1/s1. The minimum Gasteiger partial charge on any atom is -0.449 e. The van der Waals surface area contributed by atoms with Crippen molar-refractivity contribution >= 4 is 34.1 Å². The van der Waals surface area contributed by atoms with Crippen molar-refractivity contribution in [2.24, 2.45) is 5.92 Å². The van der Waals surface area contributed by atoms with Gasteiger partial charge in [0.1, 0.15) is 10.5 Å². The number of esters is 1. The highest BCUT2D eigenvalue weighted by molar-refractivity contribution is 7.17. The first-order valence-electron chi connectivity index (χ1n) is 9.45. The van der Waals surface area contributed by atoms with E-state index in [1.54, 1.807) is 6.92 Å². The van der Waals surface area contributed by atoms with Gasteiger partial charge in [-0.05, 0) is 51.0 Å². The highest BCUT2D eigenvalue weighted by Crippen LogP contribution is 2.38. The molecular weight excluding hydrogens is 378 g/mol. The van der Waals surface area contributed by atoms with E-state index in [0.717, 1.165) is 36.1 Å². The quantitative estimate of drug-likeness (QED) is 0.707. The Morgan fingerprint density at radius 3 is 2.43 bits per heavy atom. The van der Waals surface area contributed by atoms with Gasteiger partial charge in [-0.2, -0.15) is 5.26 Å². The zero-order chi connectivity index (χ0) is 21.1. The van der Waals surface area contributed by atoms with Crippen molar-refractivity contribution in [1.82, 2.24) is 5.32 Å². The summed E-state index contributed by atoms with van der Waals surface area (Å²) in [5, 5.41) is 15.2. The molecule has 2 atom stereocenters. The number of amides is 2. The lowest BCUT2D eigenvalue weighted by molar-refractivity contribution is -0.130. The summed E-state index contributed by atoms with van der Waals surface area (Å²) in [5.74, 6) is -1.54. The number of hydrogen-bond acceptors (Lipinski definition) is 6. The molecule has 2 amide bonds. The van der Waals surface area contributed by atoms with Crippen LogP contribution in [-0.2, 0) is 27.2 Å². The molecule has 0 radical (unpaired) electrons. The first kappa shape index (κ1) is 21.9. The third-order valence-corrected chi connectivity index (χ3v) is 6.30. The molecule has 0 aliphatic heterocycles. The second kappa shape index (κ2) is 8.74. The second-order valence-electron chi connectivity index (χ2n) is 7.60. The van der Waals surface area contributed by atoms with Gasteiger partial charge in [0.15, 0.2) is 6.10 Å². The van der Waals surface area contributed by atoms with E-state index in [1.807, 2.05) is 13.8 Å². The van der Waals surface area contributed by atoms with Crippen molar-refractivity contribution in [3.63, 3.8) is 0 Å². The Morgan fingerprint density at radius 1 is 1.21 bits per heavy atom. The van der Waals surface area contributed by atoms with Gasteiger partial charge >= 0.3 is 5.97 Å². The zero-order valence-corrected chi connectivity index (χ0v) is 17.8. The monoisotopic (exact) mass is 405 g/mol. The van der Waals surface area contributed by atoms with Crippen LogP contribution in [0.25, 0.3) is 0 Å². The number of fused-ring (bicyclic) bond motifs is 1. The molecule has 28 heavy (non-hydrogen) atoms. The summed E-state index contributed by atoms with van der Waals surface area (Å²) >= 11 is 1.40. The third-order valence-electron chi connectivity index (χ3n) is 5.09. The van der Waals surface area contributed by atoms with E-state index in [9.17, 15) is 19.6 Å². The van der Waals surface area contributed by atoms with Crippen molar-refractivity contribution in [3.8, 4) is 6.07 Å². The highest BCUT2D eigenvalue weighted by Gasteiger charge is 2.34. The van der Waals surface area contributed by atoms with Crippen LogP contribution in [0.4, 0.5) is 5.00 Å². The van der Waals surface area contributed by atoms with Gasteiger partial charge in [-0.3, -0.25) is 9.59 Å². The number of nitriles is 1. The molecule has 2 rings (SSSR count). The van der Waals surface area contributed by atoms with Crippen LogP contribution in [0.1, 0.15) is 68.3 Å². The highest BCUT2D eigenvalue weighted by atomic mass is 32.1. The number of carbonyl (C=O) groups excluding carboxylic acids is 3. The Bertz CT molecular complexity index is 824. The largest absolute Gasteiger partial charge is 0.449 e. The Hall–Kier alpha value is -2.40. The minimum atomic E-state index is -1.07. The van der Waals surface area contributed by atoms with Gasteiger partial charge in [-0.1, -0.05) is 13.8 Å². The normalized spacial score (nSPS) is 16.3. The van der Waals surface area contributed by atoms with Gasteiger partial charge in [0.05, 0.1) is 11.6 Å². The van der Waals surface area contributed by atoms with Gasteiger partial charge in [-0.15, -0.1) is 11.3 Å². The van der Waals surface area contributed by atoms with Crippen LogP contribution in [0.15, 0.2) is 0 Å². The molecule has 1 aromatic heterocycles. The molecule has 1 aliphatic carbocycles. The smallest absolute Gasteiger partial charge is 0.342 e. The molecular formula is C20H27N3O4S. The lowest BCUT2D eigenvalue weighted by Gasteiger charge is -2.28. The van der Waals surface area contributed by atoms with Crippen molar-refractivity contribution < 1.29 is 19.1 Å². The van der Waals surface area contributed by atoms with Gasteiger partial charge in [-0.25, -0.2) is 4.79 Å². The minimum absolute atomic E-state index is 0.111. The number of nitrogens with zero attached hydrogens (tertiary/aromatic N) is 1. The molecule has 0 saturated carbocycles. The van der Waals surface area contributed by atoms with E-state index >= 15 is 0 Å². The fourth-order valence-electron chi connectivity index (χ4n) is 2.96. The van der Waals surface area contributed by atoms with Crippen LogP contribution in [0.3, 0.4) is 0 Å². The predicted octanol–water partition coefficient (Wildman–Crippen LogP) is 3.19. The summed E-state index contributed by atoms with van der Waals surface area (Å²) < 4.78 is 5.41. The Kier molecular flexibility index (Phi) is 6.83. The van der Waals surface area contributed by atoms with Crippen LogP contribution in [0.5, 0.6) is 0 Å². The third kappa shape index (κ3) is 4.71. The first-order valence-corrected chi connectivity index (χ1v) is 10.3. The van der Waals surface area contributed by atoms with Crippen LogP contribution >= 0.6 is 11.3 Å². The Balaban J connectivity index is 2.20. The molecule has 0 spiro atoms. The molecule has 0 unspecified atom stereocenters. The molecule has 1 aliphatic rings. The average molecular weight is 406 g/mol. The van der Waals surface area contributed by atoms with Crippen LogP contribution in [-0.4, -0.2) is 29.4 Å². The van der Waals surface area contributed by atoms with Gasteiger partial charge < -0.3 is 15.4 Å². The summed E-state index contributed by atoms with van der Waals surface area (Å²) in [7, 11) is 0. The molecule has 0 aromatic carbocycles. The van der Waals surface area contributed by atoms with Crippen LogP contribution in [0, 0.1) is 17.2 Å². The lowest BCUT2D eigenvalue weighted by atomic mass is 9.90. The number of ether oxygens (including phenoxy) is 1. The van der Waals surface area contributed by atoms with E-state index in [1.165, 1.54) is 25.2 Å². The molecule has 1 aromatic rings. The van der Waals surface area contributed by atoms with E-state index < -0.39 is 23.5 Å². The summed E-state index contributed by atoms with van der Waals surface area (Å²) in [6.07, 6.45) is 2.56. The SMILES string of the molecule is CC(=O)Nc1sc2c(c1C(=O)O[C@H](C)C(=O)N[C@@](C)(C#N)C(C)C)CCCC2. The van der Waals surface area contributed by atoms with Crippen LogP contribution < -0.4 is 10.6 Å². The summed E-state index contributed by atoms with van der Waals surface area (Å²) in [4.78, 5) is 37.9. The number of rotatable bonds is 6. The lowest BCUT2D eigenvalue weighted by Crippen LogP contribution is -2.52. The molecule has 2 N–H and O–H groups in total. The van der Waals surface area contributed by atoms with Crippen molar-refractivity contribution in [1.29, 1.82) is 5.26 Å². The predicted molar refractivity (Wildman–Crippen MR) is 107 cm³/mol. The topological polar surface area (TPSA) is 108 Å². The van der Waals surface area contributed by atoms with Crippen molar-refractivity contribution in [2.75, 3.05) is 5.32 Å². The maximum Gasteiger partial charge on any atom is 0.342 e. The van der Waals surface area contributed by atoms with E-state index in [2.05, 4.69) is 16.7 Å². The maximum atomic E-state index is 12.9. The van der Waals surface area contributed by atoms with E-state index in [0.29, 0.717) is 10.6 Å². The average Bonchev–Trinajstić information content (AvgIpc) is 2.98. The van der Waals surface area contributed by atoms with E-state index in [-0.39, 0.29) is 11.8 Å². The van der Waals surface area contributed by atoms with Crippen molar-refractivity contribution in [3.05, 3.63) is 16.0 Å². The summed E-state index contributed by atoms with van der Waals surface area (Å²) in [6.45, 7) is 8.16. The summed E-state index contributed by atoms with van der Waals surface area (Å²) in [5.41, 5.74) is 0.198. The zero-order valence-electron chi connectivity index (χ0n) is 17.0. The Labute approximate surface area is 169 Å². The second-order valence-corrected chi connectivity index (χ2v) is 8.71. The number of nitrogens with one attached hydrogen (secondary N) is 2. The molecule has 0 fully saturated rings. The Morgan fingerprint density at radius 2 is 1.86 bits per heavy atom. The van der Waals surface area contributed by atoms with Gasteiger partial charge in [0.2, 0.25) is 5.91 Å². The summed E-state index contributed by atoms with van der Waals surface area (Å²) in [6, 6.07) is 2.10. The van der Waals surface area contributed by atoms with Gasteiger partial charge in [0.25, 0.3) is 5.91 Å². The van der Waals surface area contributed by atoms with Crippen LogP contribution in [0.2, 0.25) is 0 Å². The fraction of sp³-hybridized carbons (Fsp3) is 0.600. The fourth-order valence-corrected chi connectivity index (χ4v) is 4.29.